The van der Waals surface area contributed by atoms with Crippen LogP contribution in [0.15, 0.2) is 60.9 Å². The summed E-state index contributed by atoms with van der Waals surface area (Å²) in [4.78, 5) is 23.3. The lowest BCUT2D eigenvalue weighted by Crippen LogP contribution is -2.52. The van der Waals surface area contributed by atoms with Gasteiger partial charge in [-0.1, -0.05) is 12.1 Å². The number of carbonyl (C=O) groups is 1. The average molecular weight is 447 g/mol. The number of pyridine rings is 1. The van der Waals surface area contributed by atoms with E-state index < -0.39 is 0 Å². The molecule has 4 heterocycles. The number of piperazine rings is 1. The number of aromatic nitrogens is 3. The van der Waals surface area contributed by atoms with Crippen molar-refractivity contribution in [2.24, 2.45) is 5.92 Å². The molecule has 2 aliphatic rings. The minimum absolute atomic E-state index is 0.0327. The summed E-state index contributed by atoms with van der Waals surface area (Å²) >= 11 is 0. The van der Waals surface area contributed by atoms with Crippen LogP contribution in [-0.4, -0.2) is 65.3 Å². The Morgan fingerprint density at radius 3 is 2.21 bits per heavy atom. The topological polar surface area (TPSA) is 65.5 Å². The molecule has 0 bridgehead atoms. The lowest BCUT2D eigenvalue weighted by molar-refractivity contribution is -0.136. The van der Waals surface area contributed by atoms with Gasteiger partial charge in [0, 0.05) is 63.1 Å². The zero-order valence-electron chi connectivity index (χ0n) is 18.5. The predicted molar refractivity (Wildman–Crippen MR) is 125 cm³/mol. The van der Waals surface area contributed by atoms with E-state index in [4.69, 9.17) is 0 Å². The Labute approximate surface area is 192 Å². The van der Waals surface area contributed by atoms with Gasteiger partial charge in [-0.2, -0.15) is 0 Å². The van der Waals surface area contributed by atoms with Crippen molar-refractivity contribution < 1.29 is 9.18 Å². The first-order valence-electron chi connectivity index (χ1n) is 11.5. The molecule has 5 rings (SSSR count). The van der Waals surface area contributed by atoms with Gasteiger partial charge in [-0.05, 0) is 49.2 Å². The first-order valence-corrected chi connectivity index (χ1v) is 11.5. The van der Waals surface area contributed by atoms with Crippen molar-refractivity contribution in [3.63, 3.8) is 0 Å². The summed E-state index contributed by atoms with van der Waals surface area (Å²) in [6.07, 6.45) is 5.10. The molecule has 0 atom stereocenters. The van der Waals surface area contributed by atoms with Crippen LogP contribution in [0, 0.1) is 11.7 Å². The van der Waals surface area contributed by atoms with Crippen LogP contribution in [0.4, 0.5) is 15.9 Å². The molecule has 0 N–H and O–H groups in total. The number of anilines is 2. The van der Waals surface area contributed by atoms with Gasteiger partial charge in [0.05, 0.1) is 11.4 Å². The number of rotatable bonds is 4. The van der Waals surface area contributed by atoms with Gasteiger partial charge in [0.15, 0.2) is 5.82 Å². The minimum atomic E-state index is -0.207. The van der Waals surface area contributed by atoms with Crippen LogP contribution in [0.5, 0.6) is 0 Å². The number of hydrogen-bond donors (Lipinski definition) is 0. The number of amides is 1. The minimum Gasteiger partial charge on any atom is -0.366 e. The number of piperidine rings is 1. The van der Waals surface area contributed by atoms with Crippen molar-refractivity contribution in [3.8, 4) is 11.3 Å². The molecule has 2 fully saturated rings. The molecular weight excluding hydrogens is 419 g/mol. The van der Waals surface area contributed by atoms with E-state index >= 15 is 0 Å². The van der Waals surface area contributed by atoms with Crippen molar-refractivity contribution in [2.45, 2.75) is 12.8 Å². The van der Waals surface area contributed by atoms with Crippen molar-refractivity contribution >= 4 is 17.4 Å². The molecule has 170 valence electrons. The largest absolute Gasteiger partial charge is 0.366 e. The van der Waals surface area contributed by atoms with Crippen LogP contribution < -0.4 is 9.80 Å². The van der Waals surface area contributed by atoms with Crippen molar-refractivity contribution in [2.75, 3.05) is 49.1 Å². The second-order valence-electron chi connectivity index (χ2n) is 8.54. The normalized spacial score (nSPS) is 17.3. The number of hydrogen-bond acceptors (Lipinski definition) is 6. The Balaban J connectivity index is 1.13. The van der Waals surface area contributed by atoms with Crippen LogP contribution >= 0.6 is 0 Å². The monoisotopic (exact) mass is 446 g/mol. The summed E-state index contributed by atoms with van der Waals surface area (Å²) in [7, 11) is 0. The van der Waals surface area contributed by atoms with Crippen LogP contribution in [0.3, 0.4) is 0 Å². The Hall–Kier alpha value is -3.55. The van der Waals surface area contributed by atoms with Crippen molar-refractivity contribution in [3.05, 3.63) is 66.7 Å². The maximum absolute atomic E-state index is 14.1. The van der Waals surface area contributed by atoms with Crippen LogP contribution in [0.1, 0.15) is 12.8 Å². The van der Waals surface area contributed by atoms with Gasteiger partial charge >= 0.3 is 0 Å². The number of benzene rings is 1. The molecule has 2 aromatic heterocycles. The number of carbonyl (C=O) groups excluding carboxylic acids is 1. The van der Waals surface area contributed by atoms with Crippen LogP contribution in [0.2, 0.25) is 0 Å². The van der Waals surface area contributed by atoms with Crippen molar-refractivity contribution in [1.82, 2.24) is 20.1 Å². The third kappa shape index (κ3) is 4.65. The fourth-order valence-corrected chi connectivity index (χ4v) is 4.66. The number of para-hydroxylation sites is 1. The van der Waals surface area contributed by atoms with E-state index in [1.54, 1.807) is 24.5 Å². The first kappa shape index (κ1) is 21.3. The SMILES string of the molecule is O=C(C1CCN(c2ccc(-c3ccncc3)nn2)CC1)N1CCN(c2ccccc2F)CC1. The van der Waals surface area contributed by atoms with E-state index in [2.05, 4.69) is 20.1 Å². The molecule has 7 nitrogen and oxygen atoms in total. The molecular formula is C25H27FN6O. The molecule has 2 saturated heterocycles. The lowest BCUT2D eigenvalue weighted by Gasteiger charge is -2.39. The summed E-state index contributed by atoms with van der Waals surface area (Å²) in [6, 6.07) is 14.6. The Morgan fingerprint density at radius 1 is 0.818 bits per heavy atom. The third-order valence-corrected chi connectivity index (χ3v) is 6.58. The first-order chi connectivity index (χ1) is 16.2. The Bertz CT molecular complexity index is 1080. The molecule has 0 unspecified atom stereocenters. The van der Waals surface area contributed by atoms with E-state index in [9.17, 15) is 9.18 Å². The van der Waals surface area contributed by atoms with Crippen LogP contribution in [-0.2, 0) is 4.79 Å². The highest BCUT2D eigenvalue weighted by Crippen LogP contribution is 2.26. The highest BCUT2D eigenvalue weighted by Gasteiger charge is 2.31. The second kappa shape index (κ2) is 9.52. The molecule has 1 aromatic carbocycles. The zero-order valence-corrected chi connectivity index (χ0v) is 18.5. The molecule has 0 saturated carbocycles. The standard InChI is InChI=1S/C25H27FN6O/c26-21-3-1-2-4-23(21)30-15-17-32(18-16-30)25(33)20-9-13-31(14-10-20)24-6-5-22(28-29-24)19-7-11-27-12-8-19/h1-8,11-12,20H,9-10,13-18H2. The summed E-state index contributed by atoms with van der Waals surface area (Å²) in [6.45, 7) is 4.16. The van der Waals surface area contributed by atoms with Crippen molar-refractivity contribution in [1.29, 1.82) is 0 Å². The van der Waals surface area contributed by atoms with Gasteiger partial charge in [-0.15, -0.1) is 10.2 Å². The smallest absolute Gasteiger partial charge is 0.225 e. The molecule has 3 aromatic rings. The van der Waals surface area contributed by atoms with Gasteiger partial charge in [0.1, 0.15) is 5.82 Å². The van der Waals surface area contributed by atoms with E-state index in [0.29, 0.717) is 31.9 Å². The Kier molecular flexibility index (Phi) is 6.15. The molecule has 8 heteroatoms. The van der Waals surface area contributed by atoms with Gasteiger partial charge in [0.2, 0.25) is 5.91 Å². The van der Waals surface area contributed by atoms with Crippen LogP contribution in [0.25, 0.3) is 11.3 Å². The summed E-state index contributed by atoms with van der Waals surface area (Å²) in [5, 5.41) is 8.77. The zero-order chi connectivity index (χ0) is 22.6. The number of halogens is 1. The average Bonchev–Trinajstić information content (AvgIpc) is 2.89. The third-order valence-electron chi connectivity index (χ3n) is 6.58. The molecule has 0 spiro atoms. The maximum atomic E-state index is 14.1. The van der Waals surface area contributed by atoms with E-state index in [0.717, 1.165) is 43.0 Å². The quantitative estimate of drug-likeness (QED) is 0.613. The van der Waals surface area contributed by atoms with E-state index in [-0.39, 0.29) is 17.6 Å². The fourth-order valence-electron chi connectivity index (χ4n) is 4.66. The fraction of sp³-hybridized carbons (Fsp3) is 0.360. The lowest BCUT2D eigenvalue weighted by atomic mass is 9.95. The Morgan fingerprint density at radius 2 is 1.55 bits per heavy atom. The molecule has 2 aliphatic heterocycles. The molecule has 0 aliphatic carbocycles. The molecule has 1 amide bonds. The van der Waals surface area contributed by atoms with Gasteiger partial charge in [-0.25, -0.2) is 4.39 Å². The molecule has 33 heavy (non-hydrogen) atoms. The summed E-state index contributed by atoms with van der Waals surface area (Å²) in [5.74, 6) is 0.894. The number of nitrogens with zero attached hydrogens (tertiary/aromatic N) is 6. The predicted octanol–water partition coefficient (Wildman–Crippen LogP) is 3.24. The van der Waals surface area contributed by atoms with E-state index in [1.807, 2.05) is 40.1 Å². The highest BCUT2D eigenvalue weighted by atomic mass is 19.1. The van der Waals surface area contributed by atoms with E-state index in [1.165, 1.54) is 6.07 Å². The maximum Gasteiger partial charge on any atom is 0.225 e. The second-order valence-corrected chi connectivity index (χ2v) is 8.54. The van der Waals surface area contributed by atoms with Gasteiger partial charge in [-0.3, -0.25) is 9.78 Å². The summed E-state index contributed by atoms with van der Waals surface area (Å²) < 4.78 is 14.1. The van der Waals surface area contributed by atoms with Gasteiger partial charge < -0.3 is 14.7 Å². The highest BCUT2D eigenvalue weighted by molar-refractivity contribution is 5.79. The summed E-state index contributed by atoms with van der Waals surface area (Å²) in [5.41, 5.74) is 2.43. The van der Waals surface area contributed by atoms with Gasteiger partial charge in [0.25, 0.3) is 0 Å². The molecule has 0 radical (unpaired) electrons.